The molecule has 19 heavy (non-hydrogen) atoms. The molecule has 0 bridgehead atoms. The van der Waals surface area contributed by atoms with Crippen LogP contribution < -0.4 is 0 Å². The second-order valence-corrected chi connectivity index (χ2v) is 16.4. The van der Waals surface area contributed by atoms with Crippen LogP contribution in [0.25, 0.3) is 6.08 Å². The number of allylic oxidation sites excluding steroid dienone is 1. The normalized spacial score (nSPS) is 20.6. The van der Waals surface area contributed by atoms with Gasteiger partial charge < -0.3 is 0 Å². The molecule has 0 fully saturated rings. The zero-order valence-electron chi connectivity index (χ0n) is 12.7. The van der Waals surface area contributed by atoms with Crippen molar-refractivity contribution in [1.82, 2.24) is 0 Å². The van der Waals surface area contributed by atoms with Gasteiger partial charge in [-0.15, -0.1) is 0 Å². The quantitative estimate of drug-likeness (QED) is 0.375. The van der Waals surface area contributed by atoms with E-state index in [1.165, 1.54) is 44.1 Å². The fourth-order valence-electron chi connectivity index (χ4n) is 3.28. The number of hydrogen-bond acceptors (Lipinski definition) is 0. The van der Waals surface area contributed by atoms with Crippen LogP contribution in [0, 0.1) is 0 Å². The van der Waals surface area contributed by atoms with Gasteiger partial charge in [-0.3, -0.25) is 0 Å². The van der Waals surface area contributed by atoms with E-state index >= 15 is 0 Å². The molecule has 0 aliphatic heterocycles. The summed E-state index contributed by atoms with van der Waals surface area (Å²) < 4.78 is 5.68. The molecule has 2 rings (SSSR count). The first-order chi connectivity index (χ1) is 9.20. The van der Waals surface area contributed by atoms with Crippen LogP contribution in [0.3, 0.4) is 0 Å². The molecule has 1 aromatic carbocycles. The maximum absolute atomic E-state index is 2.59. The molecule has 1 aliphatic carbocycles. The van der Waals surface area contributed by atoms with Crippen LogP contribution in [0.2, 0.25) is 9.36 Å². The van der Waals surface area contributed by atoms with Crippen molar-refractivity contribution in [2.24, 2.45) is 0 Å². The van der Waals surface area contributed by atoms with Gasteiger partial charge in [-0.25, -0.2) is 0 Å². The van der Waals surface area contributed by atoms with Crippen LogP contribution in [0.5, 0.6) is 0 Å². The van der Waals surface area contributed by atoms with E-state index in [0.29, 0.717) is 3.17 Å². The fourth-order valence-corrected chi connectivity index (χ4v) is 9.96. The molecule has 1 aliphatic rings. The molecule has 103 valence electrons. The molecule has 1 aromatic rings. The Bertz CT molecular complexity index is 433. The van der Waals surface area contributed by atoms with Crippen LogP contribution in [-0.4, -0.2) is 0 Å². The standard InChI is InChI=1S/C16H21.2CH3.Hf/c1-2-3-4-5-6-9-14-12-13-15-10-7-8-11-16(14)15;;;/h7-8,10-13H,2-6,9H2,1H3;2*1H3;. The van der Waals surface area contributed by atoms with Crippen molar-refractivity contribution in [2.45, 2.75) is 58.0 Å². The van der Waals surface area contributed by atoms with Crippen LogP contribution in [-0.2, 0) is 24.6 Å². The van der Waals surface area contributed by atoms with Gasteiger partial charge in [0.2, 0.25) is 0 Å². The van der Waals surface area contributed by atoms with Gasteiger partial charge in [0.25, 0.3) is 0 Å². The van der Waals surface area contributed by atoms with E-state index in [0.717, 1.165) is 0 Å². The summed E-state index contributed by atoms with van der Waals surface area (Å²) in [6, 6.07) is 9.08. The second-order valence-electron chi connectivity index (χ2n) is 6.06. The van der Waals surface area contributed by atoms with Gasteiger partial charge in [0.15, 0.2) is 0 Å². The predicted molar refractivity (Wildman–Crippen MR) is 82.3 cm³/mol. The molecule has 1 heteroatoms. The molecule has 0 amide bonds. The van der Waals surface area contributed by atoms with Gasteiger partial charge in [-0.1, -0.05) is 0 Å². The number of benzene rings is 1. The summed E-state index contributed by atoms with van der Waals surface area (Å²) in [6.07, 6.45) is 13.4. The number of hydrogen-bond donors (Lipinski definition) is 0. The van der Waals surface area contributed by atoms with E-state index in [1.807, 2.05) is 0 Å². The van der Waals surface area contributed by atoms with Crippen LogP contribution in [0.15, 0.2) is 30.3 Å². The number of unbranched alkanes of at least 4 members (excludes halogenated alkanes) is 4. The van der Waals surface area contributed by atoms with Crippen molar-refractivity contribution in [3.63, 3.8) is 0 Å². The van der Waals surface area contributed by atoms with Crippen molar-refractivity contribution in [3.05, 3.63) is 41.5 Å². The summed E-state index contributed by atoms with van der Waals surface area (Å²) >= 11 is -1.50. The molecule has 0 heterocycles. The summed E-state index contributed by atoms with van der Waals surface area (Å²) in [5.41, 5.74) is 3.14. The summed E-state index contributed by atoms with van der Waals surface area (Å²) in [6.45, 7) is 2.29. The third-order valence-electron chi connectivity index (χ3n) is 4.56. The maximum atomic E-state index is 2.59. The average Bonchev–Trinajstić information content (AvgIpc) is 2.79. The van der Waals surface area contributed by atoms with E-state index in [2.05, 4.69) is 52.7 Å². The molecule has 0 aromatic heterocycles. The molecule has 0 nitrogen and oxygen atoms in total. The first-order valence-corrected chi connectivity index (χ1v) is 16.8. The number of fused-ring (bicyclic) bond motifs is 1. The molecule has 0 N–H and O–H groups in total. The molecule has 0 saturated heterocycles. The van der Waals surface area contributed by atoms with E-state index in [9.17, 15) is 0 Å². The molecule has 0 saturated carbocycles. The topological polar surface area (TPSA) is 0 Å². The Morgan fingerprint density at radius 2 is 1.74 bits per heavy atom. The SMILES string of the molecule is CCCCCCC[C]1([Hf]([CH3])[CH3])C=Cc2ccccc21. The first-order valence-electron chi connectivity index (χ1n) is 7.80. The predicted octanol–water partition coefficient (Wildman–Crippen LogP) is 5.98. The molecule has 1 unspecified atom stereocenters. The van der Waals surface area contributed by atoms with Crippen molar-refractivity contribution < 1.29 is 21.4 Å². The third-order valence-corrected chi connectivity index (χ3v) is 13.4. The van der Waals surface area contributed by atoms with E-state index in [1.54, 1.807) is 5.56 Å². The first kappa shape index (κ1) is 15.2. The molecular weight excluding hydrogens is 395 g/mol. The van der Waals surface area contributed by atoms with Gasteiger partial charge in [-0.05, 0) is 0 Å². The Labute approximate surface area is 126 Å². The Kier molecular flexibility index (Phi) is 5.62. The van der Waals surface area contributed by atoms with E-state index in [-0.39, 0.29) is 0 Å². The average molecular weight is 422 g/mol. The van der Waals surface area contributed by atoms with Crippen molar-refractivity contribution in [1.29, 1.82) is 0 Å². The van der Waals surface area contributed by atoms with Crippen LogP contribution in [0.1, 0.15) is 56.6 Å². The molecular formula is C18H27Hf. The third kappa shape index (κ3) is 3.29. The van der Waals surface area contributed by atoms with Gasteiger partial charge in [0.1, 0.15) is 0 Å². The zero-order chi connectivity index (χ0) is 13.7. The van der Waals surface area contributed by atoms with E-state index < -0.39 is 21.4 Å². The van der Waals surface area contributed by atoms with Crippen molar-refractivity contribution in [2.75, 3.05) is 0 Å². The summed E-state index contributed by atoms with van der Waals surface area (Å²) in [4.78, 5) is 0. The van der Waals surface area contributed by atoms with Gasteiger partial charge >= 0.3 is 127 Å². The van der Waals surface area contributed by atoms with Crippen LogP contribution in [0.4, 0.5) is 0 Å². The number of rotatable bonds is 7. The monoisotopic (exact) mass is 423 g/mol. The molecule has 0 radical (unpaired) electrons. The van der Waals surface area contributed by atoms with Crippen molar-refractivity contribution >= 4 is 6.08 Å². The van der Waals surface area contributed by atoms with Crippen molar-refractivity contribution in [3.8, 4) is 0 Å². The van der Waals surface area contributed by atoms with Crippen LogP contribution >= 0.6 is 0 Å². The summed E-state index contributed by atoms with van der Waals surface area (Å²) in [5.74, 6) is 0. The zero-order valence-corrected chi connectivity index (χ0v) is 16.3. The molecule has 1 atom stereocenters. The Morgan fingerprint density at radius 1 is 1.00 bits per heavy atom. The Balaban J connectivity index is 2.07. The molecule has 0 spiro atoms. The minimum absolute atomic E-state index is 0.507. The Morgan fingerprint density at radius 3 is 2.47 bits per heavy atom. The fraction of sp³-hybridized carbons (Fsp3) is 0.556. The minimum atomic E-state index is -1.50. The van der Waals surface area contributed by atoms with Gasteiger partial charge in [0, 0.05) is 0 Å². The Hall–Kier alpha value is -0.170. The van der Waals surface area contributed by atoms with Gasteiger partial charge in [-0.2, -0.15) is 0 Å². The summed E-state index contributed by atoms with van der Waals surface area (Å²) in [5, 5.41) is 0. The summed E-state index contributed by atoms with van der Waals surface area (Å²) in [7, 11) is 0. The second kappa shape index (κ2) is 7.02. The van der Waals surface area contributed by atoms with Gasteiger partial charge in [0.05, 0.1) is 0 Å². The van der Waals surface area contributed by atoms with E-state index in [4.69, 9.17) is 0 Å².